The number of rotatable bonds is 8. The van der Waals surface area contributed by atoms with Gasteiger partial charge in [-0.1, -0.05) is 53.8 Å². The summed E-state index contributed by atoms with van der Waals surface area (Å²) >= 11 is 1.08. The van der Waals surface area contributed by atoms with E-state index in [1.807, 2.05) is 6.07 Å². The van der Waals surface area contributed by atoms with Crippen LogP contribution in [0.1, 0.15) is 32.6 Å². The highest BCUT2D eigenvalue weighted by atomic mass is 32.1. The zero-order chi connectivity index (χ0) is 25.9. The number of aliphatic hydroxyl groups is 1. The van der Waals surface area contributed by atoms with Gasteiger partial charge in [0.1, 0.15) is 10.6 Å². The van der Waals surface area contributed by atoms with E-state index < -0.39 is 18.4 Å². The van der Waals surface area contributed by atoms with Gasteiger partial charge in [0.25, 0.3) is 5.91 Å². The Kier molecular flexibility index (Phi) is 7.45. The third-order valence-corrected chi connectivity index (χ3v) is 6.67. The van der Waals surface area contributed by atoms with E-state index in [0.717, 1.165) is 11.3 Å². The fourth-order valence-electron chi connectivity index (χ4n) is 3.69. The van der Waals surface area contributed by atoms with Crippen LogP contribution in [0.4, 0.5) is 23.1 Å². The van der Waals surface area contributed by atoms with Crippen molar-refractivity contribution < 1.29 is 32.6 Å². The maximum atomic E-state index is 12.9. The Hall–Kier alpha value is -3.64. The lowest BCUT2D eigenvalue weighted by Crippen LogP contribution is -2.31. The highest BCUT2D eigenvalue weighted by Crippen LogP contribution is 2.30. The Morgan fingerprint density at radius 2 is 1.86 bits per heavy atom. The smallest absolute Gasteiger partial charge is 0.406 e. The molecule has 8 nitrogen and oxygen atoms in total. The highest BCUT2D eigenvalue weighted by Gasteiger charge is 2.33. The van der Waals surface area contributed by atoms with Crippen molar-refractivity contribution in [2.24, 2.45) is 0 Å². The van der Waals surface area contributed by atoms with E-state index in [-0.39, 0.29) is 24.9 Å². The van der Waals surface area contributed by atoms with E-state index in [2.05, 4.69) is 15.0 Å². The first-order valence-electron chi connectivity index (χ1n) is 11.0. The fourth-order valence-corrected chi connectivity index (χ4v) is 4.70. The topological polar surface area (TPSA) is 95.0 Å². The molecule has 1 saturated heterocycles. The monoisotopic (exact) mass is 520 g/mol. The van der Waals surface area contributed by atoms with Crippen LogP contribution in [-0.2, 0) is 6.54 Å². The van der Waals surface area contributed by atoms with Gasteiger partial charge in [0.05, 0.1) is 11.8 Å². The minimum absolute atomic E-state index is 0.0265. The molecule has 2 heterocycles. The Bertz CT molecular complexity index is 1220. The van der Waals surface area contributed by atoms with Gasteiger partial charge in [-0.25, -0.2) is 9.78 Å². The number of alkyl halides is 3. The van der Waals surface area contributed by atoms with Gasteiger partial charge in [-0.05, 0) is 30.2 Å². The summed E-state index contributed by atoms with van der Waals surface area (Å²) in [5, 5.41) is 13.3. The van der Waals surface area contributed by atoms with Crippen molar-refractivity contribution in [3.05, 3.63) is 76.3 Å². The summed E-state index contributed by atoms with van der Waals surface area (Å²) < 4.78 is 40.9. The van der Waals surface area contributed by atoms with Gasteiger partial charge in [-0.3, -0.25) is 9.69 Å². The molecule has 2 N–H and O–H groups in total. The summed E-state index contributed by atoms with van der Waals surface area (Å²) in [5.74, 6) is -0.725. The van der Waals surface area contributed by atoms with Gasteiger partial charge >= 0.3 is 12.4 Å². The lowest BCUT2D eigenvalue weighted by molar-refractivity contribution is -0.274. The maximum Gasteiger partial charge on any atom is 0.573 e. The van der Waals surface area contributed by atoms with Gasteiger partial charge in [-0.2, -0.15) is 0 Å². The molecule has 4 rings (SSSR count). The molecule has 1 atom stereocenters. The predicted molar refractivity (Wildman–Crippen MR) is 127 cm³/mol. The second kappa shape index (κ2) is 10.5. The summed E-state index contributed by atoms with van der Waals surface area (Å²) in [6.07, 6.45) is -5.62. The van der Waals surface area contributed by atoms with Crippen LogP contribution in [0.2, 0.25) is 0 Å². The number of hydrogen-bond acceptors (Lipinski definition) is 6. The Labute approximate surface area is 208 Å². The maximum absolute atomic E-state index is 12.9. The van der Waals surface area contributed by atoms with E-state index >= 15 is 0 Å². The Balaban J connectivity index is 1.35. The number of carbonyl (C=O) groups is 2. The van der Waals surface area contributed by atoms with Crippen LogP contribution in [0, 0.1) is 6.92 Å². The molecule has 36 heavy (non-hydrogen) atoms. The zero-order valence-electron chi connectivity index (χ0n) is 19.2. The molecule has 0 radical (unpaired) electrons. The number of thiazole rings is 1. The number of aromatic nitrogens is 1. The van der Waals surface area contributed by atoms with Crippen LogP contribution in [-0.4, -0.2) is 52.9 Å². The van der Waals surface area contributed by atoms with Crippen LogP contribution in [0.5, 0.6) is 5.75 Å². The van der Waals surface area contributed by atoms with E-state index in [0.29, 0.717) is 39.9 Å². The Morgan fingerprint density at radius 1 is 1.17 bits per heavy atom. The number of carbonyl (C=O) groups excluding carboxylic acids is 2. The second-order valence-electron chi connectivity index (χ2n) is 8.10. The van der Waals surface area contributed by atoms with E-state index in [4.69, 9.17) is 0 Å². The van der Waals surface area contributed by atoms with Crippen LogP contribution >= 0.6 is 11.3 Å². The number of aryl methyl sites for hydroxylation is 1. The molecule has 12 heteroatoms. The molecule has 1 aliphatic rings. The molecule has 0 spiro atoms. The quantitative estimate of drug-likeness (QED) is 0.463. The summed E-state index contributed by atoms with van der Waals surface area (Å²) in [5.41, 5.74) is 1.80. The van der Waals surface area contributed by atoms with Crippen molar-refractivity contribution in [2.45, 2.75) is 25.9 Å². The van der Waals surface area contributed by atoms with Crippen LogP contribution in [0.15, 0.2) is 54.6 Å². The first-order valence-corrected chi connectivity index (χ1v) is 11.8. The molecule has 3 amide bonds. The summed E-state index contributed by atoms with van der Waals surface area (Å²) in [6.45, 7) is 2.65. The number of ether oxygens (including phenoxy) is 1. The Morgan fingerprint density at radius 3 is 2.53 bits per heavy atom. The van der Waals surface area contributed by atoms with Crippen molar-refractivity contribution in [3.8, 4) is 5.75 Å². The molecule has 190 valence electrons. The first kappa shape index (κ1) is 25.5. The number of amides is 3. The number of nitrogens with one attached hydrogen (secondary N) is 1. The lowest BCUT2D eigenvalue weighted by atomic mass is 10.1. The van der Waals surface area contributed by atoms with Gasteiger partial charge < -0.3 is 20.1 Å². The fraction of sp³-hybridized carbons (Fsp3) is 0.292. The predicted octanol–water partition coefficient (Wildman–Crippen LogP) is 4.26. The largest absolute Gasteiger partial charge is 0.573 e. The number of benzene rings is 2. The standard InChI is InChI=1S/C24H23F3N4O4S/c1-15-20(21(33)28-13-19(32)17-5-3-2-4-6-17)36-22(29-15)31-12-11-30(23(31)34)14-16-7-9-18(10-8-16)35-24(25,26)27/h2-10,19,32H,11-14H2,1H3,(H,28,33)/t19-/m0/s1. The molecule has 0 aliphatic carbocycles. The summed E-state index contributed by atoms with van der Waals surface area (Å²) in [7, 11) is 0. The van der Waals surface area contributed by atoms with E-state index in [1.165, 1.54) is 29.2 Å². The van der Waals surface area contributed by atoms with E-state index in [1.54, 1.807) is 36.1 Å². The minimum atomic E-state index is -4.77. The number of urea groups is 1. The third kappa shape index (κ3) is 6.13. The first-order chi connectivity index (χ1) is 17.1. The molecule has 1 fully saturated rings. The molecular weight excluding hydrogens is 497 g/mol. The van der Waals surface area contributed by atoms with Crippen molar-refractivity contribution in [1.82, 2.24) is 15.2 Å². The second-order valence-corrected chi connectivity index (χ2v) is 9.07. The molecule has 2 aromatic carbocycles. The SMILES string of the molecule is Cc1nc(N2CCN(Cc3ccc(OC(F)(F)F)cc3)C2=O)sc1C(=O)NC[C@H](O)c1ccccc1. The van der Waals surface area contributed by atoms with Gasteiger partial charge in [0.15, 0.2) is 5.13 Å². The zero-order valence-corrected chi connectivity index (χ0v) is 20.0. The van der Waals surface area contributed by atoms with Crippen molar-refractivity contribution in [3.63, 3.8) is 0 Å². The van der Waals surface area contributed by atoms with E-state index in [9.17, 15) is 27.9 Å². The lowest BCUT2D eigenvalue weighted by Gasteiger charge is -2.17. The molecular formula is C24H23F3N4O4S. The van der Waals surface area contributed by atoms with Crippen LogP contribution in [0.25, 0.3) is 0 Å². The average molecular weight is 521 g/mol. The molecule has 0 saturated carbocycles. The molecule has 1 aliphatic heterocycles. The van der Waals surface area contributed by atoms with Crippen molar-refractivity contribution in [1.29, 1.82) is 0 Å². The minimum Gasteiger partial charge on any atom is -0.406 e. The summed E-state index contributed by atoms with van der Waals surface area (Å²) in [4.78, 5) is 33.4. The number of hydrogen-bond donors (Lipinski definition) is 2. The normalized spacial score (nSPS) is 14.8. The third-order valence-electron chi connectivity index (χ3n) is 5.49. The molecule has 0 bridgehead atoms. The van der Waals surface area contributed by atoms with Gasteiger partial charge in [-0.15, -0.1) is 13.2 Å². The average Bonchev–Trinajstić information content (AvgIpc) is 3.40. The van der Waals surface area contributed by atoms with Crippen molar-refractivity contribution >= 4 is 28.4 Å². The molecule has 1 aromatic heterocycles. The van der Waals surface area contributed by atoms with Crippen LogP contribution < -0.4 is 15.0 Å². The molecule has 3 aromatic rings. The molecule has 0 unspecified atom stereocenters. The van der Waals surface area contributed by atoms with Gasteiger partial charge in [0.2, 0.25) is 0 Å². The number of nitrogens with zero attached hydrogens (tertiary/aromatic N) is 3. The number of anilines is 1. The highest BCUT2D eigenvalue weighted by molar-refractivity contribution is 7.17. The number of aliphatic hydroxyl groups excluding tert-OH is 1. The summed E-state index contributed by atoms with van der Waals surface area (Å²) in [6, 6.07) is 14.0. The van der Waals surface area contributed by atoms with Gasteiger partial charge in [0, 0.05) is 26.2 Å². The van der Waals surface area contributed by atoms with Crippen molar-refractivity contribution in [2.75, 3.05) is 24.5 Å². The van der Waals surface area contributed by atoms with Crippen LogP contribution in [0.3, 0.4) is 0 Å². The number of halogens is 3.